The first-order valence-electron chi connectivity index (χ1n) is 17.5. The zero-order valence-electron chi connectivity index (χ0n) is 28.4. The van der Waals surface area contributed by atoms with Crippen LogP contribution in [0.5, 0.6) is 0 Å². The summed E-state index contributed by atoms with van der Waals surface area (Å²) >= 11 is 1.87. The molecule has 2 aromatic heterocycles. The lowest BCUT2D eigenvalue weighted by Crippen LogP contribution is -2.10. The van der Waals surface area contributed by atoms with Gasteiger partial charge in [0.15, 0.2) is 0 Å². The summed E-state index contributed by atoms with van der Waals surface area (Å²) in [6.07, 6.45) is 3.78. The Morgan fingerprint density at radius 1 is 0.481 bits per heavy atom. The summed E-state index contributed by atoms with van der Waals surface area (Å²) in [6.45, 7) is 8.12. The lowest BCUT2D eigenvalue weighted by molar-refractivity contribution is 1.28. The predicted molar refractivity (Wildman–Crippen MR) is 227 cm³/mol. The number of thiophene rings is 1. The zero-order chi connectivity index (χ0) is 34.8. The lowest BCUT2D eigenvalue weighted by atomic mass is 9.92. The Labute approximate surface area is 305 Å². The number of aromatic nitrogens is 1. The first-order chi connectivity index (χ1) is 25.7. The summed E-state index contributed by atoms with van der Waals surface area (Å²) in [5.41, 5.74) is 8.38. The van der Waals surface area contributed by atoms with E-state index in [2.05, 4.69) is 176 Å². The van der Waals surface area contributed by atoms with Crippen molar-refractivity contribution in [3.05, 3.63) is 182 Å². The molecule has 0 radical (unpaired) electrons. The molecule has 0 fully saturated rings. The molecule has 0 atom stereocenters. The van der Waals surface area contributed by atoms with Crippen LogP contribution in [0.3, 0.4) is 0 Å². The van der Waals surface area contributed by atoms with Crippen LogP contribution in [-0.2, 0) is 0 Å². The predicted octanol–water partition coefficient (Wildman–Crippen LogP) is 14.5. The monoisotopic (exact) mass is 680 g/mol. The Balaban J connectivity index is 1.23. The Bertz CT molecular complexity index is 3060. The molecular weight excluding hydrogens is 649 g/mol. The van der Waals surface area contributed by atoms with Crippen LogP contribution >= 0.6 is 11.3 Å². The maximum Gasteiger partial charge on any atom is 0.0802 e. The van der Waals surface area contributed by atoms with Gasteiger partial charge in [-0.2, -0.15) is 0 Å². The van der Waals surface area contributed by atoms with E-state index in [1.165, 1.54) is 57.9 Å². The highest BCUT2D eigenvalue weighted by Gasteiger charge is 2.21. The molecule has 10 rings (SSSR count). The minimum atomic E-state index is 0.997. The standard InChI is InChI=1S/C49H32N2S/c1-3-31-21-27-37(29-32(31)4-2)51(38-28-22-33-13-5-6-14-35(33)30-38)36-25-23-34(24-26-36)48-47-45(41-17-9-11-19-43(41)50-48)39-15-7-8-16-40(39)46-42-18-10-12-20-44(42)52-49(46)47/h3-30H,1-2H2. The molecule has 2 heterocycles. The van der Waals surface area contributed by atoms with Gasteiger partial charge in [0.2, 0.25) is 0 Å². The van der Waals surface area contributed by atoms with Gasteiger partial charge in [0, 0.05) is 59.0 Å². The number of anilines is 3. The van der Waals surface area contributed by atoms with Crippen molar-refractivity contribution in [2.45, 2.75) is 0 Å². The van der Waals surface area contributed by atoms with Crippen molar-refractivity contribution in [2.75, 3.05) is 4.90 Å². The van der Waals surface area contributed by atoms with Crippen LogP contribution in [0.15, 0.2) is 171 Å². The average molecular weight is 681 g/mol. The first-order valence-corrected chi connectivity index (χ1v) is 18.3. The van der Waals surface area contributed by atoms with Crippen molar-refractivity contribution >= 4 is 104 Å². The van der Waals surface area contributed by atoms with Crippen LogP contribution in [0, 0.1) is 0 Å². The molecule has 0 N–H and O–H groups in total. The van der Waals surface area contributed by atoms with E-state index in [1.807, 2.05) is 23.5 Å². The summed E-state index contributed by atoms with van der Waals surface area (Å²) in [5, 5.41) is 11.2. The van der Waals surface area contributed by atoms with Crippen molar-refractivity contribution in [1.29, 1.82) is 0 Å². The fourth-order valence-corrected chi connectivity index (χ4v) is 9.19. The Morgan fingerprint density at radius 2 is 1.10 bits per heavy atom. The van der Waals surface area contributed by atoms with Crippen molar-refractivity contribution in [1.82, 2.24) is 4.98 Å². The van der Waals surface area contributed by atoms with Crippen LogP contribution < -0.4 is 4.90 Å². The van der Waals surface area contributed by atoms with Gasteiger partial charge in [-0.25, -0.2) is 4.98 Å². The van der Waals surface area contributed by atoms with Gasteiger partial charge in [0.25, 0.3) is 0 Å². The van der Waals surface area contributed by atoms with Crippen LogP contribution in [0.1, 0.15) is 11.1 Å². The molecule has 8 aromatic carbocycles. The molecule has 0 saturated carbocycles. The first kappa shape index (κ1) is 30.3. The third-order valence-corrected chi connectivity index (χ3v) is 11.5. The molecule has 3 heteroatoms. The molecule has 10 aromatic rings. The smallest absolute Gasteiger partial charge is 0.0802 e. The summed E-state index contributed by atoms with van der Waals surface area (Å²) in [6, 6.07) is 56.8. The van der Waals surface area contributed by atoms with Gasteiger partial charge in [0.1, 0.15) is 0 Å². The Morgan fingerprint density at radius 3 is 1.88 bits per heavy atom. The second-order valence-electron chi connectivity index (χ2n) is 13.2. The van der Waals surface area contributed by atoms with Gasteiger partial charge in [-0.05, 0) is 81.2 Å². The highest BCUT2D eigenvalue weighted by Crippen LogP contribution is 2.48. The highest BCUT2D eigenvalue weighted by atomic mass is 32.1. The molecule has 0 aliphatic rings. The largest absolute Gasteiger partial charge is 0.310 e. The van der Waals surface area contributed by atoms with E-state index in [1.54, 1.807) is 0 Å². The van der Waals surface area contributed by atoms with Crippen LogP contribution in [0.2, 0.25) is 0 Å². The van der Waals surface area contributed by atoms with Gasteiger partial charge >= 0.3 is 0 Å². The topological polar surface area (TPSA) is 16.1 Å². The second-order valence-corrected chi connectivity index (χ2v) is 14.3. The molecular formula is C49H32N2S. The van der Waals surface area contributed by atoms with E-state index in [-0.39, 0.29) is 0 Å². The normalized spacial score (nSPS) is 11.6. The molecule has 244 valence electrons. The molecule has 2 nitrogen and oxygen atoms in total. The minimum Gasteiger partial charge on any atom is -0.310 e. The fraction of sp³-hybridized carbons (Fsp3) is 0. The Kier molecular flexibility index (Phi) is 7.02. The molecule has 0 aliphatic heterocycles. The molecule has 0 amide bonds. The number of hydrogen-bond acceptors (Lipinski definition) is 3. The van der Waals surface area contributed by atoms with E-state index in [0.29, 0.717) is 0 Å². The zero-order valence-corrected chi connectivity index (χ0v) is 29.2. The number of pyridine rings is 1. The SMILES string of the molecule is C=Cc1ccc(N(c2ccc(-c3nc4ccccc4c4c5ccccc5c5c6ccccc6sc5c34)cc2)c2ccc3ccccc3c2)cc1C=C. The van der Waals surface area contributed by atoms with Gasteiger partial charge < -0.3 is 4.90 Å². The van der Waals surface area contributed by atoms with Gasteiger partial charge in [0.05, 0.1) is 11.2 Å². The summed E-state index contributed by atoms with van der Waals surface area (Å²) in [7, 11) is 0. The third-order valence-electron chi connectivity index (χ3n) is 10.3. The Hall–Kier alpha value is -6.55. The number of rotatable bonds is 6. The summed E-state index contributed by atoms with van der Waals surface area (Å²) < 4.78 is 2.57. The van der Waals surface area contributed by atoms with Gasteiger partial charge in [-0.15, -0.1) is 11.3 Å². The van der Waals surface area contributed by atoms with E-state index < -0.39 is 0 Å². The van der Waals surface area contributed by atoms with Crippen LogP contribution in [0.25, 0.3) is 86.8 Å². The summed E-state index contributed by atoms with van der Waals surface area (Å²) in [4.78, 5) is 7.76. The molecule has 0 aliphatic carbocycles. The van der Waals surface area contributed by atoms with E-state index in [4.69, 9.17) is 4.98 Å². The summed E-state index contributed by atoms with van der Waals surface area (Å²) in [5.74, 6) is 0. The third kappa shape index (κ3) is 4.67. The second kappa shape index (κ2) is 12.1. The van der Waals surface area contributed by atoms with E-state index >= 15 is 0 Å². The van der Waals surface area contributed by atoms with E-state index in [9.17, 15) is 0 Å². The molecule has 0 spiro atoms. The average Bonchev–Trinajstić information content (AvgIpc) is 3.61. The van der Waals surface area contributed by atoms with Crippen LogP contribution in [-0.4, -0.2) is 4.98 Å². The van der Waals surface area contributed by atoms with Crippen molar-refractivity contribution in [3.63, 3.8) is 0 Å². The number of nitrogens with zero attached hydrogens (tertiary/aromatic N) is 2. The fourth-order valence-electron chi connectivity index (χ4n) is 7.92. The quantitative estimate of drug-likeness (QED) is 0.163. The van der Waals surface area contributed by atoms with Gasteiger partial charge in [-0.3, -0.25) is 0 Å². The molecule has 0 bridgehead atoms. The van der Waals surface area contributed by atoms with E-state index in [0.717, 1.165) is 45.0 Å². The van der Waals surface area contributed by atoms with Crippen molar-refractivity contribution in [2.24, 2.45) is 0 Å². The maximum atomic E-state index is 5.44. The lowest BCUT2D eigenvalue weighted by Gasteiger charge is -2.27. The maximum absolute atomic E-state index is 5.44. The van der Waals surface area contributed by atoms with Crippen molar-refractivity contribution < 1.29 is 0 Å². The number of para-hydroxylation sites is 1. The number of fused-ring (bicyclic) bond motifs is 11. The minimum absolute atomic E-state index is 0.997. The number of hydrogen-bond donors (Lipinski definition) is 0. The van der Waals surface area contributed by atoms with Crippen molar-refractivity contribution in [3.8, 4) is 11.3 Å². The van der Waals surface area contributed by atoms with Crippen LogP contribution in [0.4, 0.5) is 17.1 Å². The number of benzene rings is 8. The molecule has 0 unspecified atom stereocenters. The van der Waals surface area contributed by atoms with Gasteiger partial charge in [-0.1, -0.05) is 135 Å². The molecule has 52 heavy (non-hydrogen) atoms. The molecule has 0 saturated heterocycles. The highest BCUT2D eigenvalue weighted by molar-refractivity contribution is 7.27.